The van der Waals surface area contributed by atoms with Crippen molar-refractivity contribution >= 4 is 55.7 Å². The molecule has 0 bridgehead atoms. The number of benzene rings is 8. The van der Waals surface area contributed by atoms with Gasteiger partial charge in [-0.05, 0) is 111 Å². The first-order chi connectivity index (χ1) is 26.3. The van der Waals surface area contributed by atoms with Crippen LogP contribution in [0, 0.1) is 0 Å². The number of anilines is 6. The molecule has 0 unspecified atom stereocenters. The highest BCUT2D eigenvalue weighted by Gasteiger charge is 2.40. The SMILES string of the molecule is CC1(C)CCC(C)(C)c2c(N(c3ccc(-c4ccc(N(c5ccccc5)c5cccc6ccccc56)cc4)cc3)c3cccc4ccccc34)cccc21. The Kier molecular flexibility index (Phi) is 8.35. The molecule has 264 valence electrons. The predicted octanol–water partition coefficient (Wildman–Crippen LogP) is 14.9. The van der Waals surface area contributed by atoms with E-state index in [1.807, 2.05) is 0 Å². The van der Waals surface area contributed by atoms with E-state index in [9.17, 15) is 0 Å². The van der Waals surface area contributed by atoms with Gasteiger partial charge in [0, 0.05) is 27.8 Å². The van der Waals surface area contributed by atoms with Crippen molar-refractivity contribution in [1.29, 1.82) is 0 Å². The number of hydrogen-bond acceptors (Lipinski definition) is 2. The van der Waals surface area contributed by atoms with E-state index in [4.69, 9.17) is 0 Å². The van der Waals surface area contributed by atoms with Crippen LogP contribution in [0.1, 0.15) is 51.7 Å². The van der Waals surface area contributed by atoms with Crippen LogP contribution in [0.25, 0.3) is 32.7 Å². The highest BCUT2D eigenvalue weighted by atomic mass is 15.2. The highest BCUT2D eigenvalue weighted by Crippen LogP contribution is 2.52. The van der Waals surface area contributed by atoms with Gasteiger partial charge in [-0.1, -0.05) is 155 Å². The van der Waals surface area contributed by atoms with Gasteiger partial charge in [0.15, 0.2) is 0 Å². The Labute approximate surface area is 320 Å². The van der Waals surface area contributed by atoms with Gasteiger partial charge in [-0.25, -0.2) is 0 Å². The molecule has 0 spiro atoms. The fourth-order valence-electron chi connectivity index (χ4n) is 8.71. The summed E-state index contributed by atoms with van der Waals surface area (Å²) in [5.74, 6) is 0. The number of para-hydroxylation sites is 1. The maximum atomic E-state index is 2.51. The molecule has 0 amide bonds. The van der Waals surface area contributed by atoms with E-state index in [0.29, 0.717) is 0 Å². The molecule has 1 aliphatic carbocycles. The first-order valence-corrected chi connectivity index (χ1v) is 19.2. The molecule has 8 aromatic rings. The van der Waals surface area contributed by atoms with Gasteiger partial charge in [0.05, 0.1) is 17.1 Å². The van der Waals surface area contributed by atoms with E-state index in [0.717, 1.165) is 23.5 Å². The summed E-state index contributed by atoms with van der Waals surface area (Å²) in [6.45, 7) is 9.68. The van der Waals surface area contributed by atoms with E-state index >= 15 is 0 Å². The maximum Gasteiger partial charge on any atom is 0.0540 e. The fraction of sp³-hybridized carbons (Fsp3) is 0.154. The van der Waals surface area contributed by atoms with E-state index < -0.39 is 0 Å². The van der Waals surface area contributed by atoms with Crippen molar-refractivity contribution in [2.24, 2.45) is 0 Å². The van der Waals surface area contributed by atoms with E-state index in [-0.39, 0.29) is 10.8 Å². The molecule has 0 N–H and O–H groups in total. The monoisotopic (exact) mass is 698 g/mol. The minimum Gasteiger partial charge on any atom is -0.310 e. The maximum absolute atomic E-state index is 2.51. The molecule has 2 heteroatoms. The van der Waals surface area contributed by atoms with Crippen LogP contribution >= 0.6 is 0 Å². The lowest BCUT2D eigenvalue weighted by Gasteiger charge is -2.44. The minimum absolute atomic E-state index is 0.0473. The zero-order valence-electron chi connectivity index (χ0n) is 31.6. The average molecular weight is 699 g/mol. The van der Waals surface area contributed by atoms with Crippen LogP contribution < -0.4 is 9.80 Å². The van der Waals surface area contributed by atoms with Crippen LogP contribution in [-0.2, 0) is 10.8 Å². The fourth-order valence-corrected chi connectivity index (χ4v) is 8.71. The van der Waals surface area contributed by atoms with E-state index in [1.165, 1.54) is 67.3 Å². The van der Waals surface area contributed by atoms with E-state index in [2.05, 4.69) is 219 Å². The molecule has 0 fully saturated rings. The zero-order valence-corrected chi connectivity index (χ0v) is 31.6. The first-order valence-electron chi connectivity index (χ1n) is 19.2. The van der Waals surface area contributed by atoms with Crippen molar-refractivity contribution in [2.45, 2.75) is 51.4 Å². The summed E-state index contributed by atoms with van der Waals surface area (Å²) in [4.78, 5) is 4.87. The van der Waals surface area contributed by atoms with Crippen molar-refractivity contribution in [3.63, 3.8) is 0 Å². The van der Waals surface area contributed by atoms with Crippen LogP contribution in [0.15, 0.2) is 182 Å². The van der Waals surface area contributed by atoms with Gasteiger partial charge in [-0.3, -0.25) is 0 Å². The average Bonchev–Trinajstić information content (AvgIpc) is 3.21. The lowest BCUT2D eigenvalue weighted by molar-refractivity contribution is 0.332. The molecule has 0 aromatic heterocycles. The molecule has 0 atom stereocenters. The third kappa shape index (κ3) is 5.93. The van der Waals surface area contributed by atoms with Crippen molar-refractivity contribution in [3.05, 3.63) is 193 Å². The smallest absolute Gasteiger partial charge is 0.0540 e. The molecule has 0 heterocycles. The minimum atomic E-state index is 0.0473. The molecule has 0 radical (unpaired) electrons. The third-order valence-corrected chi connectivity index (χ3v) is 11.7. The van der Waals surface area contributed by atoms with Gasteiger partial charge in [-0.15, -0.1) is 0 Å². The Morgan fingerprint density at radius 2 is 0.778 bits per heavy atom. The van der Waals surface area contributed by atoms with Crippen molar-refractivity contribution in [2.75, 3.05) is 9.80 Å². The molecule has 0 saturated heterocycles. The Bertz CT molecular complexity index is 2590. The number of hydrogen-bond donors (Lipinski definition) is 0. The Hall–Kier alpha value is -6.12. The Morgan fingerprint density at radius 3 is 1.37 bits per heavy atom. The quantitative estimate of drug-likeness (QED) is 0.163. The second kappa shape index (κ2) is 13.4. The van der Waals surface area contributed by atoms with Crippen molar-refractivity contribution < 1.29 is 0 Å². The Balaban J connectivity index is 1.13. The topological polar surface area (TPSA) is 6.48 Å². The number of nitrogens with zero attached hydrogens (tertiary/aromatic N) is 2. The molecule has 8 aromatic carbocycles. The third-order valence-electron chi connectivity index (χ3n) is 11.7. The molecular formula is C52H46N2. The Morgan fingerprint density at radius 1 is 0.352 bits per heavy atom. The standard InChI is InChI=1S/C52H46N2/c1-51(2)35-36-52(3,4)50-46(51)23-14-26-49(50)54(48-25-13-18-40-16-9-11-22-45(40)48)43-33-29-38(30-34-43)37-27-31-42(32-28-37)53(41-19-6-5-7-20-41)47-24-12-17-39-15-8-10-21-44(39)47/h5-34H,35-36H2,1-4H3. The molecular weight excluding hydrogens is 653 g/mol. The highest BCUT2D eigenvalue weighted by molar-refractivity contribution is 6.00. The summed E-state index contributed by atoms with van der Waals surface area (Å²) in [5.41, 5.74) is 12.5. The normalized spacial score (nSPS) is 14.4. The lowest BCUT2D eigenvalue weighted by atomic mass is 9.62. The van der Waals surface area contributed by atoms with E-state index in [1.54, 1.807) is 0 Å². The summed E-state index contributed by atoms with van der Waals surface area (Å²) in [5, 5.41) is 4.95. The molecule has 2 nitrogen and oxygen atoms in total. The van der Waals surface area contributed by atoms with Crippen LogP contribution in [0.4, 0.5) is 34.1 Å². The number of fused-ring (bicyclic) bond motifs is 3. The van der Waals surface area contributed by atoms with Crippen LogP contribution in [0.3, 0.4) is 0 Å². The van der Waals surface area contributed by atoms with Crippen molar-refractivity contribution in [1.82, 2.24) is 0 Å². The van der Waals surface area contributed by atoms with Crippen LogP contribution in [0.5, 0.6) is 0 Å². The van der Waals surface area contributed by atoms with Gasteiger partial charge in [0.2, 0.25) is 0 Å². The summed E-state index contributed by atoms with van der Waals surface area (Å²) < 4.78 is 0. The molecule has 1 aliphatic rings. The second-order valence-electron chi connectivity index (χ2n) is 16.1. The van der Waals surface area contributed by atoms with Gasteiger partial charge in [0.25, 0.3) is 0 Å². The van der Waals surface area contributed by atoms with Crippen LogP contribution in [0.2, 0.25) is 0 Å². The summed E-state index contributed by atoms with van der Waals surface area (Å²) >= 11 is 0. The molecule has 0 saturated carbocycles. The summed E-state index contributed by atoms with van der Waals surface area (Å²) in [6.07, 6.45) is 2.34. The van der Waals surface area contributed by atoms with Crippen molar-refractivity contribution in [3.8, 4) is 11.1 Å². The van der Waals surface area contributed by atoms with Gasteiger partial charge >= 0.3 is 0 Å². The molecule has 9 rings (SSSR count). The summed E-state index contributed by atoms with van der Waals surface area (Å²) in [7, 11) is 0. The zero-order chi connectivity index (χ0) is 36.9. The first kappa shape index (κ1) is 33.7. The van der Waals surface area contributed by atoms with Gasteiger partial charge in [0.1, 0.15) is 0 Å². The molecule has 0 aliphatic heterocycles. The molecule has 54 heavy (non-hydrogen) atoms. The number of rotatable bonds is 7. The largest absolute Gasteiger partial charge is 0.310 e. The summed E-state index contributed by atoms with van der Waals surface area (Å²) in [6, 6.07) is 66.5. The predicted molar refractivity (Wildman–Crippen MR) is 232 cm³/mol. The second-order valence-corrected chi connectivity index (χ2v) is 16.1. The van der Waals surface area contributed by atoms with Gasteiger partial charge in [-0.2, -0.15) is 0 Å². The van der Waals surface area contributed by atoms with Gasteiger partial charge < -0.3 is 9.80 Å². The van der Waals surface area contributed by atoms with Crippen LogP contribution in [-0.4, -0.2) is 0 Å². The lowest BCUT2D eigenvalue weighted by Crippen LogP contribution is -2.35.